The van der Waals surface area contributed by atoms with Gasteiger partial charge in [-0.25, -0.2) is 9.18 Å². The molecule has 1 rings (SSSR count). The van der Waals surface area contributed by atoms with E-state index in [1.54, 1.807) is 0 Å². The third kappa shape index (κ3) is 4.04. The van der Waals surface area contributed by atoms with Gasteiger partial charge >= 0.3 is 11.9 Å². The van der Waals surface area contributed by atoms with Gasteiger partial charge in [0.2, 0.25) is 0 Å². The summed E-state index contributed by atoms with van der Waals surface area (Å²) in [4.78, 5) is 22.3. The average molecular weight is 255 g/mol. The van der Waals surface area contributed by atoms with Crippen molar-refractivity contribution in [3.63, 3.8) is 0 Å². The smallest absolute Gasteiger partial charge is 0.338 e. The summed E-state index contributed by atoms with van der Waals surface area (Å²) >= 11 is 0. The van der Waals surface area contributed by atoms with E-state index >= 15 is 0 Å². The summed E-state index contributed by atoms with van der Waals surface area (Å²) in [6.07, 6.45) is 0.524. The molecule has 18 heavy (non-hydrogen) atoms. The number of nitrogen functional groups attached to an aromatic ring is 1. The van der Waals surface area contributed by atoms with Crippen molar-refractivity contribution in [1.29, 1.82) is 0 Å². The lowest BCUT2D eigenvalue weighted by atomic mass is 10.2. The summed E-state index contributed by atoms with van der Waals surface area (Å²) in [6, 6.07) is 3.68. The first-order valence-corrected chi connectivity index (χ1v) is 5.33. The molecule has 0 spiro atoms. The van der Waals surface area contributed by atoms with Crippen LogP contribution in [0, 0.1) is 5.82 Å². The van der Waals surface area contributed by atoms with E-state index in [2.05, 4.69) is 4.74 Å². The molecule has 1 aromatic carbocycles. The maximum Gasteiger partial charge on any atom is 0.338 e. The minimum atomic E-state index is -0.668. The van der Waals surface area contributed by atoms with Crippen LogP contribution in [0.15, 0.2) is 18.2 Å². The van der Waals surface area contributed by atoms with Crippen LogP contribution in [-0.4, -0.2) is 25.7 Å². The zero-order chi connectivity index (χ0) is 13.5. The van der Waals surface area contributed by atoms with Crippen LogP contribution in [0.4, 0.5) is 10.1 Å². The number of nitrogens with two attached hydrogens (primary N) is 1. The monoisotopic (exact) mass is 255 g/mol. The van der Waals surface area contributed by atoms with Crippen LogP contribution in [0.2, 0.25) is 0 Å². The van der Waals surface area contributed by atoms with Gasteiger partial charge in [0.05, 0.1) is 25.0 Å². The van der Waals surface area contributed by atoms with E-state index in [-0.39, 0.29) is 30.2 Å². The molecule has 0 atom stereocenters. The number of anilines is 1. The molecule has 0 amide bonds. The maximum atomic E-state index is 13.1. The Balaban J connectivity index is 2.41. The normalized spacial score (nSPS) is 9.89. The molecule has 0 unspecified atom stereocenters. The van der Waals surface area contributed by atoms with Crippen molar-refractivity contribution < 1.29 is 23.5 Å². The van der Waals surface area contributed by atoms with E-state index in [1.807, 2.05) is 0 Å². The number of carbonyl (C=O) groups excluding carboxylic acids is 2. The quantitative estimate of drug-likeness (QED) is 0.490. The van der Waals surface area contributed by atoms with Crippen molar-refractivity contribution in [2.75, 3.05) is 19.5 Å². The van der Waals surface area contributed by atoms with Crippen molar-refractivity contribution in [1.82, 2.24) is 0 Å². The Hall–Kier alpha value is -2.11. The number of hydrogen-bond donors (Lipinski definition) is 1. The zero-order valence-corrected chi connectivity index (χ0v) is 9.94. The molecule has 0 fully saturated rings. The first-order valence-electron chi connectivity index (χ1n) is 5.33. The van der Waals surface area contributed by atoms with Gasteiger partial charge in [0.25, 0.3) is 0 Å². The second kappa shape index (κ2) is 6.58. The Morgan fingerprint density at radius 3 is 2.72 bits per heavy atom. The molecule has 6 heteroatoms. The number of esters is 2. The zero-order valence-electron chi connectivity index (χ0n) is 9.94. The van der Waals surface area contributed by atoms with Crippen LogP contribution < -0.4 is 5.73 Å². The molecular formula is C12H14FNO4. The van der Waals surface area contributed by atoms with E-state index in [4.69, 9.17) is 10.5 Å². The number of ether oxygens (including phenoxy) is 2. The highest BCUT2D eigenvalue weighted by atomic mass is 19.1. The van der Waals surface area contributed by atoms with E-state index in [9.17, 15) is 14.0 Å². The van der Waals surface area contributed by atoms with Gasteiger partial charge in [-0.15, -0.1) is 0 Å². The van der Waals surface area contributed by atoms with Gasteiger partial charge in [0, 0.05) is 6.42 Å². The van der Waals surface area contributed by atoms with Crippen molar-refractivity contribution in [2.45, 2.75) is 12.8 Å². The number of benzene rings is 1. The molecule has 0 saturated heterocycles. The molecule has 1 aromatic rings. The summed E-state index contributed by atoms with van der Waals surface area (Å²) < 4.78 is 22.4. The number of rotatable bonds is 5. The van der Waals surface area contributed by atoms with Crippen molar-refractivity contribution in [3.8, 4) is 0 Å². The van der Waals surface area contributed by atoms with Crippen molar-refractivity contribution >= 4 is 17.6 Å². The Kier molecular flexibility index (Phi) is 5.10. The lowest BCUT2D eigenvalue weighted by Crippen LogP contribution is -2.09. The summed E-state index contributed by atoms with van der Waals surface area (Å²) in [5, 5.41) is 0. The fraction of sp³-hybridized carbons (Fsp3) is 0.333. The Labute approximate surface area is 104 Å². The van der Waals surface area contributed by atoms with Gasteiger partial charge in [-0.1, -0.05) is 0 Å². The number of halogens is 1. The molecule has 0 saturated carbocycles. The lowest BCUT2D eigenvalue weighted by Gasteiger charge is -2.05. The van der Waals surface area contributed by atoms with Crippen LogP contribution in [0.5, 0.6) is 0 Å². The molecule has 0 aliphatic rings. The lowest BCUT2D eigenvalue weighted by molar-refractivity contribution is -0.140. The highest BCUT2D eigenvalue weighted by molar-refractivity contribution is 5.89. The van der Waals surface area contributed by atoms with Gasteiger partial charge in [-0.2, -0.15) is 0 Å². The highest BCUT2D eigenvalue weighted by Gasteiger charge is 2.10. The first kappa shape index (κ1) is 14.0. The van der Waals surface area contributed by atoms with Crippen molar-refractivity contribution in [2.24, 2.45) is 0 Å². The molecule has 0 aliphatic carbocycles. The third-order valence-corrected chi connectivity index (χ3v) is 2.22. The molecule has 0 radical (unpaired) electrons. The Morgan fingerprint density at radius 2 is 2.11 bits per heavy atom. The largest absolute Gasteiger partial charge is 0.469 e. The fourth-order valence-electron chi connectivity index (χ4n) is 1.22. The summed E-state index contributed by atoms with van der Waals surface area (Å²) in [5.74, 6) is -1.69. The second-order valence-corrected chi connectivity index (χ2v) is 3.55. The van der Waals surface area contributed by atoms with Gasteiger partial charge in [-0.3, -0.25) is 4.79 Å². The number of hydrogen-bond acceptors (Lipinski definition) is 5. The standard InChI is InChI=1S/C12H14FNO4/c1-17-11(15)3-2-6-18-12(16)8-4-5-10(14)9(13)7-8/h4-5,7H,2-3,6,14H2,1H3. The minimum absolute atomic E-state index is 0.0303. The van der Waals surface area contributed by atoms with Crippen LogP contribution in [0.3, 0.4) is 0 Å². The molecule has 5 nitrogen and oxygen atoms in total. The Bertz CT molecular complexity index is 448. The second-order valence-electron chi connectivity index (χ2n) is 3.55. The van der Waals surface area contributed by atoms with Crippen LogP contribution in [0.1, 0.15) is 23.2 Å². The molecule has 0 aromatic heterocycles. The Morgan fingerprint density at radius 1 is 1.39 bits per heavy atom. The molecule has 0 bridgehead atoms. The molecular weight excluding hydrogens is 241 g/mol. The fourth-order valence-corrected chi connectivity index (χ4v) is 1.22. The molecule has 2 N–H and O–H groups in total. The predicted octanol–water partition coefficient (Wildman–Crippen LogP) is 1.52. The summed E-state index contributed by atoms with van der Waals surface area (Å²) in [7, 11) is 1.28. The van der Waals surface area contributed by atoms with E-state index in [0.717, 1.165) is 6.07 Å². The van der Waals surface area contributed by atoms with E-state index in [1.165, 1.54) is 19.2 Å². The average Bonchev–Trinajstić information content (AvgIpc) is 2.37. The SMILES string of the molecule is COC(=O)CCCOC(=O)c1ccc(N)c(F)c1. The van der Waals surface area contributed by atoms with Gasteiger partial charge in [0.1, 0.15) is 5.82 Å². The molecule has 98 valence electrons. The summed E-state index contributed by atoms with van der Waals surface area (Å²) in [5.41, 5.74) is 5.33. The first-order chi connectivity index (χ1) is 8.54. The minimum Gasteiger partial charge on any atom is -0.469 e. The van der Waals surface area contributed by atoms with Crippen molar-refractivity contribution in [3.05, 3.63) is 29.6 Å². The van der Waals surface area contributed by atoms with Gasteiger partial charge in [-0.05, 0) is 24.6 Å². The topological polar surface area (TPSA) is 78.6 Å². The highest BCUT2D eigenvalue weighted by Crippen LogP contribution is 2.12. The number of carbonyl (C=O) groups is 2. The van der Waals surface area contributed by atoms with E-state index < -0.39 is 11.8 Å². The van der Waals surface area contributed by atoms with E-state index in [0.29, 0.717) is 6.42 Å². The summed E-state index contributed by atoms with van der Waals surface area (Å²) in [6.45, 7) is 0.0694. The molecule has 0 aliphatic heterocycles. The van der Waals surface area contributed by atoms with Gasteiger partial charge < -0.3 is 15.2 Å². The predicted molar refractivity (Wildman–Crippen MR) is 62.3 cm³/mol. The molecule has 0 heterocycles. The van der Waals surface area contributed by atoms with Crippen LogP contribution in [0.25, 0.3) is 0 Å². The van der Waals surface area contributed by atoms with Crippen LogP contribution in [-0.2, 0) is 14.3 Å². The van der Waals surface area contributed by atoms with Crippen LogP contribution >= 0.6 is 0 Å². The maximum absolute atomic E-state index is 13.1. The van der Waals surface area contributed by atoms with Gasteiger partial charge in [0.15, 0.2) is 0 Å². The third-order valence-electron chi connectivity index (χ3n) is 2.22. The number of methoxy groups -OCH3 is 1.